The van der Waals surface area contributed by atoms with Crippen LogP contribution in [-0.2, 0) is 62.3 Å². The number of amides is 6. The van der Waals surface area contributed by atoms with E-state index in [9.17, 15) is 78.2 Å². The van der Waals surface area contributed by atoms with Gasteiger partial charge in [-0.25, -0.2) is 24.4 Å². The number of aromatic nitrogens is 5. The molecule has 2 aromatic carbocycles. The molecule has 2 saturated carbocycles. The van der Waals surface area contributed by atoms with Crippen LogP contribution in [0.3, 0.4) is 0 Å². The number of piperidine rings is 1. The number of imide groups is 1. The Labute approximate surface area is 657 Å². The number of rotatable bonds is 34. The Morgan fingerprint density at radius 3 is 2.40 bits per heavy atom. The fraction of sp³-hybridized carbons (Fsp3) is 0.519. The van der Waals surface area contributed by atoms with Crippen LogP contribution >= 0.6 is 18.9 Å². The minimum absolute atomic E-state index is 0.00766. The summed E-state index contributed by atoms with van der Waals surface area (Å²) in [5.74, 6) is -4.45. The summed E-state index contributed by atoms with van der Waals surface area (Å²) in [7, 11) is -4.32. The molecule has 6 aromatic rings. The number of aromatic carboxylic acids is 1. The average molecular weight is 1600 g/mol. The molecule has 3 unspecified atom stereocenters. The number of likely N-dealkylation sites (tertiary alicyclic amines) is 1. The Kier molecular flexibility index (Phi) is 26.7. The van der Waals surface area contributed by atoms with Crippen molar-refractivity contribution in [2.24, 2.45) is 10.8 Å². The second-order valence-electron chi connectivity index (χ2n) is 30.8. The van der Waals surface area contributed by atoms with Gasteiger partial charge >= 0.3 is 25.6 Å². The molecule has 10 N–H and O–H groups in total. The van der Waals surface area contributed by atoms with E-state index >= 15 is 0 Å². The van der Waals surface area contributed by atoms with Gasteiger partial charge in [0.05, 0.1) is 35.0 Å². The maximum atomic E-state index is 13.8. The number of pyridine rings is 2. The molecule has 6 amide bonds. The quantitative estimate of drug-likeness (QED) is 0.0104. The number of benzene rings is 2. The van der Waals surface area contributed by atoms with Gasteiger partial charge in [0.25, 0.3) is 17.7 Å². The molecule has 2 saturated heterocycles. The second kappa shape index (κ2) is 36.4. The number of carboxylic acid groups (broad SMARTS) is 2. The van der Waals surface area contributed by atoms with Gasteiger partial charge in [-0.05, 0) is 173 Å². The molecule has 8 atom stereocenters. The molecular formula is C79H99N12O20PS. The number of carboxylic acids is 2. The maximum absolute atomic E-state index is 13.8. The van der Waals surface area contributed by atoms with Gasteiger partial charge in [0, 0.05) is 112 Å². The number of nitrogens with one attached hydrogen (secondary N) is 3. The van der Waals surface area contributed by atoms with E-state index < -0.39 is 67.8 Å². The van der Waals surface area contributed by atoms with Crippen LogP contribution in [0, 0.1) is 17.8 Å². The molecule has 113 heavy (non-hydrogen) atoms. The highest BCUT2D eigenvalue weighted by Crippen LogP contribution is 2.61. The normalized spacial score (nSPS) is 23.3. The summed E-state index contributed by atoms with van der Waals surface area (Å²) in [5.41, 5.74) is 4.42. The van der Waals surface area contributed by atoms with Crippen molar-refractivity contribution in [3.8, 4) is 16.9 Å². The molecule has 8 heterocycles. The number of aliphatic carboxylic acids is 1. The van der Waals surface area contributed by atoms with Crippen molar-refractivity contribution in [3.05, 3.63) is 125 Å². The van der Waals surface area contributed by atoms with Gasteiger partial charge in [0.15, 0.2) is 22.6 Å². The number of hydrogen-bond acceptors (Lipinski definition) is 23. The van der Waals surface area contributed by atoms with Crippen LogP contribution in [0.4, 0.5) is 21.4 Å². The van der Waals surface area contributed by atoms with Gasteiger partial charge in [-0.3, -0.25) is 48.3 Å². The standard InChI is InChI=1S/C79H99N12O20PS/c1-4-28-77(3)45-78(48-91-49(2)55(43-82-91)53-19-21-60(84-65(53)72(100)101)89-35-25-51-14-8-15-54(56(51)44-89)71(99)86-75-85-70-59(113-75)16-9-31-81-70)29-11-30-79(46-77,47-78)109-40-38-87(33-12-41-112(105,106)107)52-26-36-88(37-27-52)76(104)108-39-10-13-50-18-20-58(110-74-68(98)66(96)67(97)69(111-74)73(102)103)57(42-50)83-62(93)24-32-80-61(92)17-6-5-7-34-90-63(94)22-23-64(90)95/h8-10,13-16,18-23,31,42-43,52,66-69,74,96-98H,4-7,11-12,17,24-30,32-41,44-48H2,1-3H3,(H,80,92)(H,83,93)(H,100,101)(H,102,103)(H2,105,106,107)(H,81,85,86,99)/b13-10+/t66-,67-,68+,69-,74+,77?,78?,79?/m0/s1. The van der Waals surface area contributed by atoms with Gasteiger partial charge in [-0.1, -0.05) is 62.3 Å². The zero-order chi connectivity index (χ0) is 80.4. The van der Waals surface area contributed by atoms with Crippen LogP contribution in [0.2, 0.25) is 0 Å². The van der Waals surface area contributed by atoms with Crippen LogP contribution in [0.5, 0.6) is 5.75 Å². The Morgan fingerprint density at radius 1 is 0.850 bits per heavy atom. The second-order valence-corrected chi connectivity index (χ2v) is 33.6. The third-order valence-corrected chi connectivity index (χ3v) is 24.2. The number of carbonyl (C=O) groups is 8. The molecule has 6 aliphatic rings. The van der Waals surface area contributed by atoms with E-state index in [1.54, 1.807) is 47.6 Å². The number of nitrogens with zero attached hydrogens (tertiary/aromatic N) is 9. The molecular weight excluding hydrogens is 1500 g/mol. The number of anilines is 3. The van der Waals surface area contributed by atoms with Crippen molar-refractivity contribution < 1.29 is 97.2 Å². The van der Waals surface area contributed by atoms with E-state index in [2.05, 4.69) is 44.7 Å². The van der Waals surface area contributed by atoms with Crippen molar-refractivity contribution in [3.63, 3.8) is 0 Å². The molecule has 2 aliphatic carbocycles. The topological polar surface area (TPSA) is 438 Å². The molecule has 34 heteroatoms. The molecule has 4 fully saturated rings. The lowest BCUT2D eigenvalue weighted by Crippen LogP contribution is -2.61. The summed E-state index contributed by atoms with van der Waals surface area (Å²) in [6.07, 6.45) is 9.13. The lowest BCUT2D eigenvalue weighted by atomic mass is 9.51. The van der Waals surface area contributed by atoms with E-state index in [1.165, 1.54) is 35.6 Å². The summed E-state index contributed by atoms with van der Waals surface area (Å²) in [6.45, 7) is 9.93. The third-order valence-electron chi connectivity index (χ3n) is 22.4. The molecule has 32 nitrogen and oxygen atoms in total. The number of hydrogen-bond donors (Lipinski definition) is 10. The third kappa shape index (κ3) is 20.6. The lowest BCUT2D eigenvalue weighted by Gasteiger charge is -2.58. The highest BCUT2D eigenvalue weighted by atomic mass is 32.1. The van der Waals surface area contributed by atoms with Crippen LogP contribution in [-0.4, -0.2) is 230 Å². The molecule has 0 spiro atoms. The van der Waals surface area contributed by atoms with Gasteiger partial charge in [-0.2, -0.15) is 10.1 Å². The van der Waals surface area contributed by atoms with E-state index in [1.807, 2.05) is 46.8 Å². The van der Waals surface area contributed by atoms with Crippen molar-refractivity contribution in [1.29, 1.82) is 0 Å². The molecule has 12 rings (SSSR count). The van der Waals surface area contributed by atoms with E-state index in [0.717, 1.165) is 77.8 Å². The van der Waals surface area contributed by atoms with Crippen LogP contribution < -0.4 is 25.6 Å². The first-order valence-corrected chi connectivity index (χ1v) is 41.2. The Hall–Kier alpha value is -9.41. The van der Waals surface area contributed by atoms with Gasteiger partial charge in [0.2, 0.25) is 18.1 Å². The number of carbonyl (C=O) groups excluding carboxylic acids is 6. The number of aliphatic hydroxyl groups is 3. The summed E-state index contributed by atoms with van der Waals surface area (Å²) in [4.78, 5) is 143. The Bertz CT molecular complexity index is 4570. The van der Waals surface area contributed by atoms with E-state index in [4.69, 9.17) is 29.0 Å². The SMILES string of the molecule is CCCC1(C)CC2(Cn3ncc(-c4ccc(N5CCc6cccc(C(=O)Nc7nc8ncccc8s7)c6C5)nc4C(=O)O)c3C)CCCC(OCCN(CCCP(=O)(O)O)C3CCN(C(=O)OC/C=C/c4ccc(O[C@@H]5O[C@H](C(=O)O)[C@@H](O)[C@H](O)[C@H]5O)c(NC(=O)CCNC(=O)CCCCCN5C(=O)C=CC5=O)c4)CC3)(C1)C2. The predicted octanol–water partition coefficient (Wildman–Crippen LogP) is 8.07. The van der Waals surface area contributed by atoms with Crippen LogP contribution in [0.15, 0.2) is 91.3 Å². The zero-order valence-corrected chi connectivity index (χ0v) is 65.2. The number of unbranched alkanes of at least 4 members (excludes halogenated alkanes) is 2. The largest absolute Gasteiger partial charge is 0.479 e. The summed E-state index contributed by atoms with van der Waals surface area (Å²) >= 11 is 1.34. The van der Waals surface area contributed by atoms with Gasteiger partial charge < -0.3 is 74.7 Å². The summed E-state index contributed by atoms with van der Waals surface area (Å²) in [5, 5.41) is 65.7. The van der Waals surface area contributed by atoms with Crippen molar-refractivity contribution in [2.45, 2.75) is 185 Å². The molecule has 2 bridgehead atoms. The smallest absolute Gasteiger partial charge is 0.410 e. The van der Waals surface area contributed by atoms with E-state index in [-0.39, 0.29) is 103 Å². The highest BCUT2D eigenvalue weighted by Gasteiger charge is 2.56. The number of thiazole rings is 1. The monoisotopic (exact) mass is 1600 g/mol. The Morgan fingerprint density at radius 2 is 1.65 bits per heavy atom. The van der Waals surface area contributed by atoms with E-state index in [0.29, 0.717) is 130 Å². The van der Waals surface area contributed by atoms with Crippen LogP contribution in [0.1, 0.15) is 160 Å². The lowest BCUT2D eigenvalue weighted by molar-refractivity contribution is -0.271. The molecule has 4 aliphatic heterocycles. The molecule has 606 valence electrons. The van der Waals surface area contributed by atoms with Gasteiger partial charge in [-0.15, -0.1) is 0 Å². The van der Waals surface area contributed by atoms with Crippen LogP contribution in [0.25, 0.3) is 27.6 Å². The van der Waals surface area contributed by atoms with Crippen molar-refractivity contribution in [1.82, 2.24) is 44.7 Å². The summed E-state index contributed by atoms with van der Waals surface area (Å²) < 4.78 is 39.2. The molecule has 4 aromatic heterocycles. The summed E-state index contributed by atoms with van der Waals surface area (Å²) in [6, 6.07) is 17.4. The first kappa shape index (κ1) is 83.0. The Balaban J connectivity index is 0.652. The predicted molar refractivity (Wildman–Crippen MR) is 416 cm³/mol. The molecule has 0 radical (unpaired) electrons. The first-order valence-electron chi connectivity index (χ1n) is 38.6. The first-order chi connectivity index (χ1) is 54.1. The van der Waals surface area contributed by atoms with Crippen molar-refractivity contribution >= 4 is 99.6 Å². The number of aliphatic hydroxyl groups excluding tert-OH is 3. The zero-order valence-electron chi connectivity index (χ0n) is 63.5. The number of fused-ring (bicyclic) bond motifs is 4. The van der Waals surface area contributed by atoms with Gasteiger partial charge in [0.1, 0.15) is 36.5 Å². The maximum Gasteiger partial charge on any atom is 0.410 e. The fourth-order valence-corrected chi connectivity index (χ4v) is 18.7. The minimum Gasteiger partial charge on any atom is -0.479 e. The highest BCUT2D eigenvalue weighted by molar-refractivity contribution is 7.51. The fourth-order valence-electron chi connectivity index (χ4n) is 17.3. The average Bonchev–Trinajstić information content (AvgIpc) is 1.12. The minimum atomic E-state index is -4.32. The number of ether oxygens (including phenoxy) is 4. The van der Waals surface area contributed by atoms with Crippen molar-refractivity contribution in [2.75, 3.05) is 80.7 Å².